The maximum absolute atomic E-state index is 13.1. The Kier molecular flexibility index (Phi) is 3.74. The highest BCUT2D eigenvalue weighted by molar-refractivity contribution is 5.88. The van der Waals surface area contributed by atoms with Crippen LogP contribution in [0.4, 0.5) is 4.39 Å². The first-order valence-corrected chi connectivity index (χ1v) is 7.76. The SMILES string of the molecule is O=C(NCC1(CO)CC1)C1(c2ccc(F)cc2)CCCC1. The topological polar surface area (TPSA) is 49.3 Å². The van der Waals surface area contributed by atoms with E-state index in [0.717, 1.165) is 44.1 Å². The van der Waals surface area contributed by atoms with Gasteiger partial charge in [0.15, 0.2) is 0 Å². The predicted octanol–water partition coefficient (Wildman–Crippen LogP) is 2.53. The Balaban J connectivity index is 1.77. The second-order valence-corrected chi connectivity index (χ2v) is 6.64. The highest BCUT2D eigenvalue weighted by atomic mass is 19.1. The van der Waals surface area contributed by atoms with Crippen LogP contribution in [0.25, 0.3) is 0 Å². The van der Waals surface area contributed by atoms with Crippen LogP contribution in [-0.2, 0) is 10.2 Å². The fraction of sp³-hybridized carbons (Fsp3) is 0.588. The third-order valence-corrected chi connectivity index (χ3v) is 5.21. The Labute approximate surface area is 124 Å². The van der Waals surface area contributed by atoms with E-state index < -0.39 is 5.41 Å². The Morgan fingerprint density at radius 1 is 1.14 bits per heavy atom. The summed E-state index contributed by atoms with van der Waals surface area (Å²) >= 11 is 0. The van der Waals surface area contributed by atoms with E-state index in [1.54, 1.807) is 12.1 Å². The van der Waals surface area contributed by atoms with Gasteiger partial charge in [-0.3, -0.25) is 4.79 Å². The lowest BCUT2D eigenvalue weighted by Crippen LogP contribution is -2.45. The molecule has 2 aliphatic carbocycles. The van der Waals surface area contributed by atoms with Crippen LogP contribution in [0.5, 0.6) is 0 Å². The Morgan fingerprint density at radius 3 is 2.29 bits per heavy atom. The van der Waals surface area contributed by atoms with E-state index in [9.17, 15) is 14.3 Å². The van der Waals surface area contributed by atoms with Gasteiger partial charge in [-0.15, -0.1) is 0 Å². The lowest BCUT2D eigenvalue weighted by molar-refractivity contribution is -0.127. The van der Waals surface area contributed by atoms with E-state index in [1.807, 2.05) is 0 Å². The smallest absolute Gasteiger partial charge is 0.230 e. The summed E-state index contributed by atoms with van der Waals surface area (Å²) in [6.45, 7) is 0.683. The number of hydrogen-bond acceptors (Lipinski definition) is 2. The Morgan fingerprint density at radius 2 is 1.76 bits per heavy atom. The number of nitrogens with one attached hydrogen (secondary N) is 1. The third-order valence-electron chi connectivity index (χ3n) is 5.21. The van der Waals surface area contributed by atoms with Crippen molar-refractivity contribution in [2.24, 2.45) is 5.41 Å². The van der Waals surface area contributed by atoms with Gasteiger partial charge in [0.25, 0.3) is 0 Å². The monoisotopic (exact) mass is 291 g/mol. The molecule has 21 heavy (non-hydrogen) atoms. The van der Waals surface area contributed by atoms with Gasteiger partial charge in [-0.2, -0.15) is 0 Å². The average Bonchev–Trinajstić information content (AvgIpc) is 3.12. The summed E-state index contributed by atoms with van der Waals surface area (Å²) in [6.07, 6.45) is 5.64. The van der Waals surface area contributed by atoms with Crippen molar-refractivity contribution in [3.8, 4) is 0 Å². The molecule has 1 aromatic rings. The van der Waals surface area contributed by atoms with E-state index in [4.69, 9.17) is 0 Å². The second kappa shape index (κ2) is 5.41. The first-order valence-electron chi connectivity index (χ1n) is 7.76. The molecule has 1 aromatic carbocycles. The summed E-state index contributed by atoms with van der Waals surface area (Å²) in [5.74, 6) is -0.240. The Bertz CT molecular complexity index is 516. The molecule has 2 aliphatic rings. The summed E-state index contributed by atoms with van der Waals surface area (Å²) in [4.78, 5) is 12.8. The van der Waals surface area contributed by atoms with Crippen LogP contribution in [0.3, 0.4) is 0 Å². The minimum atomic E-state index is -0.515. The summed E-state index contributed by atoms with van der Waals surface area (Å²) < 4.78 is 13.1. The molecule has 3 nitrogen and oxygen atoms in total. The van der Waals surface area contributed by atoms with Gasteiger partial charge in [-0.1, -0.05) is 25.0 Å². The minimum Gasteiger partial charge on any atom is -0.396 e. The number of amides is 1. The summed E-state index contributed by atoms with van der Waals surface area (Å²) in [5.41, 5.74) is 0.310. The van der Waals surface area contributed by atoms with E-state index >= 15 is 0 Å². The van der Waals surface area contributed by atoms with Crippen molar-refractivity contribution in [2.45, 2.75) is 43.9 Å². The summed E-state index contributed by atoms with van der Waals surface area (Å²) in [5, 5.41) is 12.4. The minimum absolute atomic E-state index is 0.0336. The van der Waals surface area contributed by atoms with Crippen LogP contribution in [-0.4, -0.2) is 24.2 Å². The van der Waals surface area contributed by atoms with Crippen LogP contribution >= 0.6 is 0 Å². The second-order valence-electron chi connectivity index (χ2n) is 6.64. The van der Waals surface area contributed by atoms with Gasteiger partial charge in [0.2, 0.25) is 5.91 Å². The van der Waals surface area contributed by atoms with Crippen molar-refractivity contribution in [3.63, 3.8) is 0 Å². The zero-order chi connectivity index (χ0) is 14.9. The molecule has 114 valence electrons. The summed E-state index contributed by atoms with van der Waals surface area (Å²) in [6, 6.07) is 6.33. The van der Waals surface area contributed by atoms with Gasteiger partial charge in [0.05, 0.1) is 12.0 Å². The molecule has 3 rings (SSSR count). The molecule has 0 aliphatic heterocycles. The molecule has 4 heteroatoms. The van der Waals surface area contributed by atoms with Crippen LogP contribution in [0.2, 0.25) is 0 Å². The standard InChI is InChI=1S/C17H22FNO2/c18-14-5-3-13(4-6-14)17(7-1-2-8-17)15(21)19-11-16(12-20)9-10-16/h3-6,20H,1-2,7-12H2,(H,19,21). The molecule has 0 aromatic heterocycles. The fourth-order valence-corrected chi connectivity index (χ4v) is 3.40. The largest absolute Gasteiger partial charge is 0.396 e. The molecular formula is C17H22FNO2. The summed E-state index contributed by atoms with van der Waals surface area (Å²) in [7, 11) is 0. The average molecular weight is 291 g/mol. The maximum atomic E-state index is 13.1. The number of aliphatic hydroxyl groups is 1. The number of halogens is 1. The molecule has 0 bridgehead atoms. The molecule has 1 amide bonds. The number of carbonyl (C=O) groups excluding carboxylic acids is 1. The maximum Gasteiger partial charge on any atom is 0.230 e. The van der Waals surface area contributed by atoms with Gasteiger partial charge in [0, 0.05) is 12.0 Å². The number of hydrogen-bond donors (Lipinski definition) is 2. The molecule has 2 saturated carbocycles. The molecule has 0 atom stereocenters. The van der Waals surface area contributed by atoms with Gasteiger partial charge in [-0.25, -0.2) is 4.39 Å². The Hall–Kier alpha value is -1.42. The van der Waals surface area contributed by atoms with E-state index in [0.29, 0.717) is 6.54 Å². The molecular weight excluding hydrogens is 269 g/mol. The highest BCUT2D eigenvalue weighted by Gasteiger charge is 2.46. The van der Waals surface area contributed by atoms with Crippen LogP contribution < -0.4 is 5.32 Å². The molecule has 0 heterocycles. The van der Waals surface area contributed by atoms with Gasteiger partial charge in [0.1, 0.15) is 5.82 Å². The van der Waals surface area contributed by atoms with Crippen molar-refractivity contribution in [2.75, 3.05) is 13.2 Å². The van der Waals surface area contributed by atoms with Crippen molar-refractivity contribution in [1.29, 1.82) is 0 Å². The van der Waals surface area contributed by atoms with Crippen molar-refractivity contribution in [3.05, 3.63) is 35.6 Å². The van der Waals surface area contributed by atoms with Gasteiger partial charge >= 0.3 is 0 Å². The van der Waals surface area contributed by atoms with Crippen LogP contribution in [0.15, 0.2) is 24.3 Å². The first-order chi connectivity index (χ1) is 10.1. The van der Waals surface area contributed by atoms with Gasteiger partial charge < -0.3 is 10.4 Å². The van der Waals surface area contributed by atoms with Crippen molar-refractivity contribution >= 4 is 5.91 Å². The molecule has 0 saturated heterocycles. The number of aliphatic hydroxyl groups excluding tert-OH is 1. The van der Waals surface area contributed by atoms with Crippen molar-refractivity contribution < 1.29 is 14.3 Å². The fourth-order valence-electron chi connectivity index (χ4n) is 3.40. The molecule has 2 fully saturated rings. The van der Waals surface area contributed by atoms with Crippen LogP contribution in [0.1, 0.15) is 44.1 Å². The lowest BCUT2D eigenvalue weighted by Gasteiger charge is -2.29. The van der Waals surface area contributed by atoms with Gasteiger partial charge in [-0.05, 0) is 43.4 Å². The van der Waals surface area contributed by atoms with E-state index in [-0.39, 0.29) is 23.7 Å². The normalized spacial score (nSPS) is 22.0. The van der Waals surface area contributed by atoms with E-state index in [1.165, 1.54) is 12.1 Å². The molecule has 0 spiro atoms. The third kappa shape index (κ3) is 2.69. The molecule has 0 unspecified atom stereocenters. The number of rotatable bonds is 5. The molecule has 0 radical (unpaired) electrons. The van der Waals surface area contributed by atoms with Crippen LogP contribution in [0, 0.1) is 11.2 Å². The zero-order valence-electron chi connectivity index (χ0n) is 12.2. The predicted molar refractivity (Wildman–Crippen MR) is 78.3 cm³/mol. The number of carbonyl (C=O) groups is 1. The lowest BCUT2D eigenvalue weighted by atomic mass is 9.78. The number of benzene rings is 1. The zero-order valence-corrected chi connectivity index (χ0v) is 12.2. The van der Waals surface area contributed by atoms with E-state index in [2.05, 4.69) is 5.32 Å². The van der Waals surface area contributed by atoms with Crippen molar-refractivity contribution in [1.82, 2.24) is 5.32 Å². The first kappa shape index (κ1) is 14.5. The highest BCUT2D eigenvalue weighted by Crippen LogP contribution is 2.45. The molecule has 2 N–H and O–H groups in total. The quantitative estimate of drug-likeness (QED) is 0.876.